The van der Waals surface area contributed by atoms with Crippen LogP contribution in [0.15, 0.2) is 72.9 Å². The first-order chi connectivity index (χ1) is 14.9. The number of aromatic hydroxyl groups is 1. The van der Waals surface area contributed by atoms with E-state index in [1.165, 1.54) is 5.56 Å². The van der Waals surface area contributed by atoms with E-state index < -0.39 is 16.6 Å². The van der Waals surface area contributed by atoms with Crippen LogP contribution < -0.4 is 0 Å². The van der Waals surface area contributed by atoms with Crippen molar-refractivity contribution in [2.75, 3.05) is 0 Å². The largest absolute Gasteiger partial charge is 0.508 e. The standard InChI is InChI=1S/C28H36O3/c1-3-23-9-5-7-17-27(23,30)26(28(31)18-8-6-10-24(28)4-2)19-15-22(16-20-26)21-11-13-25(29)14-12-21/h5-14,17-18,22-24,29-31H,3-4,15-16,19-20H2,1-2H3. The van der Waals surface area contributed by atoms with Crippen molar-refractivity contribution in [1.29, 1.82) is 0 Å². The SMILES string of the molecule is CCC1C=CC=CC1(O)C1(C2(O)C=CC=CC2CC)CCC(c2ccc(O)cc2)CC1. The molecule has 31 heavy (non-hydrogen) atoms. The lowest BCUT2D eigenvalue weighted by molar-refractivity contribution is -0.203. The molecule has 3 nitrogen and oxygen atoms in total. The van der Waals surface area contributed by atoms with Crippen LogP contribution in [0.25, 0.3) is 0 Å². The highest BCUT2D eigenvalue weighted by molar-refractivity contribution is 5.36. The van der Waals surface area contributed by atoms with Gasteiger partial charge in [-0.25, -0.2) is 0 Å². The van der Waals surface area contributed by atoms with Gasteiger partial charge in [-0.2, -0.15) is 0 Å². The first-order valence-electron chi connectivity index (χ1n) is 11.9. The van der Waals surface area contributed by atoms with Gasteiger partial charge in [0, 0.05) is 17.3 Å². The first-order valence-corrected chi connectivity index (χ1v) is 11.9. The van der Waals surface area contributed by atoms with Gasteiger partial charge in [-0.15, -0.1) is 0 Å². The van der Waals surface area contributed by atoms with E-state index in [0.29, 0.717) is 5.92 Å². The van der Waals surface area contributed by atoms with E-state index in [1.807, 2.05) is 48.6 Å². The molecular formula is C28H36O3. The van der Waals surface area contributed by atoms with Crippen LogP contribution >= 0.6 is 0 Å². The van der Waals surface area contributed by atoms with Crippen molar-refractivity contribution in [3.8, 4) is 5.75 Å². The molecule has 1 fully saturated rings. The molecule has 1 aromatic carbocycles. The molecule has 0 aromatic heterocycles. The predicted molar refractivity (Wildman–Crippen MR) is 126 cm³/mol. The van der Waals surface area contributed by atoms with Crippen LogP contribution in [0.5, 0.6) is 5.75 Å². The van der Waals surface area contributed by atoms with Crippen molar-refractivity contribution < 1.29 is 15.3 Å². The fourth-order valence-electron chi connectivity index (χ4n) is 6.58. The lowest BCUT2D eigenvalue weighted by atomic mass is 9.47. The molecule has 4 atom stereocenters. The molecule has 0 saturated heterocycles. The van der Waals surface area contributed by atoms with E-state index in [1.54, 1.807) is 12.1 Å². The lowest BCUT2D eigenvalue weighted by Gasteiger charge is -2.61. The second-order valence-electron chi connectivity index (χ2n) is 9.62. The lowest BCUT2D eigenvalue weighted by Crippen LogP contribution is -2.66. The summed E-state index contributed by atoms with van der Waals surface area (Å²) in [6.07, 6.45) is 21.0. The molecule has 3 heteroatoms. The summed E-state index contributed by atoms with van der Waals surface area (Å²) in [5, 5.41) is 34.3. The molecule has 3 N–H and O–H groups in total. The molecule has 3 aliphatic rings. The van der Waals surface area contributed by atoms with Crippen molar-refractivity contribution in [3.05, 3.63) is 78.4 Å². The Balaban J connectivity index is 1.76. The van der Waals surface area contributed by atoms with Gasteiger partial charge >= 0.3 is 0 Å². The number of hydrogen-bond acceptors (Lipinski definition) is 3. The van der Waals surface area contributed by atoms with Crippen molar-refractivity contribution >= 4 is 0 Å². The third kappa shape index (κ3) is 3.43. The zero-order chi connectivity index (χ0) is 22.1. The molecule has 0 heterocycles. The molecule has 0 radical (unpaired) electrons. The zero-order valence-electron chi connectivity index (χ0n) is 18.7. The average Bonchev–Trinajstić information content (AvgIpc) is 2.80. The fourth-order valence-corrected chi connectivity index (χ4v) is 6.58. The van der Waals surface area contributed by atoms with Crippen molar-refractivity contribution in [2.45, 2.75) is 69.5 Å². The summed E-state index contributed by atoms with van der Waals surface area (Å²) in [6, 6.07) is 7.52. The van der Waals surface area contributed by atoms with Gasteiger partial charge in [-0.1, -0.05) is 74.6 Å². The van der Waals surface area contributed by atoms with E-state index in [0.717, 1.165) is 38.5 Å². The van der Waals surface area contributed by atoms with Crippen molar-refractivity contribution in [3.63, 3.8) is 0 Å². The third-order valence-corrected chi connectivity index (χ3v) is 8.36. The molecule has 0 aliphatic heterocycles. The molecule has 1 saturated carbocycles. The number of rotatable bonds is 5. The summed E-state index contributed by atoms with van der Waals surface area (Å²) >= 11 is 0. The maximum absolute atomic E-state index is 12.3. The number of hydrogen-bond donors (Lipinski definition) is 3. The van der Waals surface area contributed by atoms with Crippen molar-refractivity contribution in [1.82, 2.24) is 0 Å². The zero-order valence-corrected chi connectivity index (χ0v) is 18.7. The Kier molecular flexibility index (Phi) is 6.02. The normalized spacial score (nSPS) is 39.7. The van der Waals surface area contributed by atoms with Crippen molar-refractivity contribution in [2.24, 2.45) is 17.3 Å². The molecule has 166 valence electrons. The van der Waals surface area contributed by atoms with Gasteiger partial charge in [-0.05, 0) is 62.1 Å². The van der Waals surface area contributed by atoms with Gasteiger partial charge in [0.25, 0.3) is 0 Å². The van der Waals surface area contributed by atoms with E-state index >= 15 is 0 Å². The molecule has 0 spiro atoms. The number of benzene rings is 1. The second kappa shape index (κ2) is 8.44. The van der Waals surface area contributed by atoms with Crippen LogP contribution in [0.3, 0.4) is 0 Å². The minimum Gasteiger partial charge on any atom is -0.508 e. The van der Waals surface area contributed by atoms with E-state index in [-0.39, 0.29) is 17.6 Å². The third-order valence-electron chi connectivity index (χ3n) is 8.36. The highest BCUT2D eigenvalue weighted by atomic mass is 16.3. The Morgan fingerprint density at radius 1 is 0.774 bits per heavy atom. The Labute approximate surface area is 186 Å². The van der Waals surface area contributed by atoms with E-state index in [9.17, 15) is 15.3 Å². The predicted octanol–water partition coefficient (Wildman–Crippen LogP) is 5.80. The van der Waals surface area contributed by atoms with Gasteiger partial charge in [0.05, 0.1) is 11.2 Å². The topological polar surface area (TPSA) is 60.7 Å². The summed E-state index contributed by atoms with van der Waals surface area (Å²) < 4.78 is 0. The van der Waals surface area contributed by atoms with Crippen LogP contribution in [0.2, 0.25) is 0 Å². The van der Waals surface area contributed by atoms with Crippen LogP contribution in [0.4, 0.5) is 0 Å². The van der Waals surface area contributed by atoms with Gasteiger partial charge in [0.2, 0.25) is 0 Å². The van der Waals surface area contributed by atoms with E-state index in [2.05, 4.69) is 26.0 Å². The minimum atomic E-state index is -1.10. The Morgan fingerprint density at radius 3 is 1.71 bits per heavy atom. The van der Waals surface area contributed by atoms with Gasteiger partial charge in [0.1, 0.15) is 5.75 Å². The molecule has 1 aromatic rings. The van der Waals surface area contributed by atoms with Crippen LogP contribution in [-0.2, 0) is 0 Å². The number of allylic oxidation sites excluding steroid dienone is 4. The Bertz CT molecular complexity index is 841. The quantitative estimate of drug-likeness (QED) is 0.564. The maximum Gasteiger partial charge on any atom is 0.115 e. The summed E-state index contributed by atoms with van der Waals surface area (Å²) in [4.78, 5) is 0. The molecule has 0 amide bonds. The first kappa shape index (κ1) is 22.1. The second-order valence-corrected chi connectivity index (χ2v) is 9.62. The molecular weight excluding hydrogens is 384 g/mol. The van der Waals surface area contributed by atoms with Crippen LogP contribution in [0.1, 0.15) is 63.9 Å². The highest BCUT2D eigenvalue weighted by Gasteiger charge is 2.64. The average molecular weight is 421 g/mol. The minimum absolute atomic E-state index is 0.0245. The monoisotopic (exact) mass is 420 g/mol. The number of phenols is 1. The van der Waals surface area contributed by atoms with Crippen LogP contribution in [-0.4, -0.2) is 26.5 Å². The smallest absolute Gasteiger partial charge is 0.115 e. The van der Waals surface area contributed by atoms with Gasteiger partial charge in [-0.3, -0.25) is 0 Å². The summed E-state index contributed by atoms with van der Waals surface area (Å²) in [5.41, 5.74) is -1.65. The highest BCUT2D eigenvalue weighted by Crippen LogP contribution is 2.62. The fraction of sp³-hybridized carbons (Fsp3) is 0.500. The Hall–Kier alpha value is -2.10. The van der Waals surface area contributed by atoms with Crippen LogP contribution in [0, 0.1) is 17.3 Å². The number of phenolic OH excluding ortho intramolecular Hbond substituents is 1. The Morgan fingerprint density at radius 2 is 1.26 bits per heavy atom. The summed E-state index contributed by atoms with van der Waals surface area (Å²) in [5.74, 6) is 0.604. The maximum atomic E-state index is 12.3. The number of aliphatic hydroxyl groups is 2. The molecule has 4 rings (SSSR count). The summed E-state index contributed by atoms with van der Waals surface area (Å²) in [7, 11) is 0. The van der Waals surface area contributed by atoms with E-state index in [4.69, 9.17) is 0 Å². The molecule has 3 aliphatic carbocycles. The van der Waals surface area contributed by atoms with Gasteiger partial charge < -0.3 is 15.3 Å². The summed E-state index contributed by atoms with van der Waals surface area (Å²) in [6.45, 7) is 4.24. The molecule has 0 bridgehead atoms. The molecule has 4 unspecified atom stereocenters. The van der Waals surface area contributed by atoms with Gasteiger partial charge in [0.15, 0.2) is 0 Å².